The van der Waals surface area contributed by atoms with E-state index in [2.05, 4.69) is 19.2 Å². The van der Waals surface area contributed by atoms with Gasteiger partial charge in [-0.05, 0) is 79.1 Å². The number of aliphatic hydroxyl groups is 1. The van der Waals surface area contributed by atoms with Gasteiger partial charge in [-0.3, -0.25) is 14.5 Å². The smallest absolute Gasteiger partial charge is 0.300 e. The Morgan fingerprint density at radius 2 is 1.55 bits per heavy atom. The Hall–Kier alpha value is -4.84. The number of nitrogens with zero attached hydrogens (tertiary/aromatic N) is 1. The summed E-state index contributed by atoms with van der Waals surface area (Å²) in [6.07, 6.45) is 0. The molecule has 6 nitrogen and oxygen atoms in total. The molecule has 0 radical (unpaired) electrons. The van der Waals surface area contributed by atoms with E-state index in [0.717, 1.165) is 22.5 Å². The van der Waals surface area contributed by atoms with Crippen molar-refractivity contribution < 1.29 is 19.4 Å². The van der Waals surface area contributed by atoms with Crippen molar-refractivity contribution in [3.63, 3.8) is 0 Å². The highest BCUT2D eigenvalue weighted by molar-refractivity contribution is 6.51. The lowest BCUT2D eigenvalue weighted by molar-refractivity contribution is -0.132. The van der Waals surface area contributed by atoms with Crippen LogP contribution in [0.2, 0.25) is 0 Å². The molecule has 0 bridgehead atoms. The number of hydrogen-bond acceptors (Lipinski definition) is 5. The maximum absolute atomic E-state index is 13.5. The lowest BCUT2D eigenvalue weighted by Gasteiger charge is -2.26. The van der Waals surface area contributed by atoms with E-state index in [9.17, 15) is 14.7 Å². The summed E-state index contributed by atoms with van der Waals surface area (Å²) in [6, 6.07) is 30.9. The Labute approximate surface area is 234 Å². The average Bonchev–Trinajstić information content (AvgIpc) is 3.23. The molecule has 1 unspecified atom stereocenters. The summed E-state index contributed by atoms with van der Waals surface area (Å²) < 4.78 is 5.76. The molecule has 1 fully saturated rings. The predicted molar refractivity (Wildman–Crippen MR) is 159 cm³/mol. The second-order valence-electron chi connectivity index (χ2n) is 10.4. The molecule has 0 aliphatic carbocycles. The van der Waals surface area contributed by atoms with Crippen molar-refractivity contribution in [3.05, 3.63) is 125 Å². The number of amides is 1. The quantitative estimate of drug-likeness (QED) is 0.140. The molecule has 4 aromatic rings. The Morgan fingerprint density at radius 1 is 0.875 bits per heavy atom. The third-order valence-corrected chi connectivity index (χ3v) is 6.72. The largest absolute Gasteiger partial charge is 0.507 e. The van der Waals surface area contributed by atoms with Crippen LogP contribution in [0, 0.1) is 12.8 Å². The van der Waals surface area contributed by atoms with E-state index in [-0.39, 0.29) is 11.3 Å². The van der Waals surface area contributed by atoms with Gasteiger partial charge in [0.1, 0.15) is 11.5 Å². The Morgan fingerprint density at radius 3 is 2.20 bits per heavy atom. The summed E-state index contributed by atoms with van der Waals surface area (Å²) in [6.45, 7) is 6.66. The van der Waals surface area contributed by atoms with Gasteiger partial charge in [0, 0.05) is 22.6 Å². The molecular weight excluding hydrogens is 500 g/mol. The number of rotatable bonds is 8. The van der Waals surface area contributed by atoms with Crippen molar-refractivity contribution in [2.45, 2.75) is 26.8 Å². The number of para-hydroxylation sites is 1. The number of nitrogens with one attached hydrogen (secondary N) is 1. The normalized spacial score (nSPS) is 16.4. The van der Waals surface area contributed by atoms with E-state index in [4.69, 9.17) is 4.74 Å². The first kappa shape index (κ1) is 26.8. The molecule has 1 aliphatic heterocycles. The maximum Gasteiger partial charge on any atom is 0.300 e. The molecule has 1 amide bonds. The maximum atomic E-state index is 13.5. The SMILES string of the molecule is Cc1cccc(C2/C(=C(/O)c3ccc(OCC(C)C)cc3)C(=O)C(=O)N2c2ccc(Nc3ccccc3)cc2)c1. The van der Waals surface area contributed by atoms with Crippen LogP contribution in [0.3, 0.4) is 0 Å². The molecular formula is C34H32N2O4. The first-order valence-electron chi connectivity index (χ1n) is 13.3. The van der Waals surface area contributed by atoms with Gasteiger partial charge in [0.25, 0.3) is 11.7 Å². The molecule has 6 heteroatoms. The third-order valence-electron chi connectivity index (χ3n) is 6.72. The van der Waals surface area contributed by atoms with Gasteiger partial charge in [-0.1, -0.05) is 61.9 Å². The molecule has 1 atom stereocenters. The number of Topliss-reactive ketones (excluding diaryl/α,β-unsaturated/α-hetero) is 1. The van der Waals surface area contributed by atoms with Crippen molar-refractivity contribution in [2.24, 2.45) is 5.92 Å². The predicted octanol–water partition coefficient (Wildman–Crippen LogP) is 7.40. The molecule has 1 saturated heterocycles. The lowest BCUT2D eigenvalue weighted by Crippen LogP contribution is -2.29. The molecule has 1 aliphatic rings. The zero-order valence-corrected chi connectivity index (χ0v) is 22.8. The molecule has 5 rings (SSSR count). The fourth-order valence-electron chi connectivity index (χ4n) is 4.78. The third kappa shape index (κ3) is 5.61. The van der Waals surface area contributed by atoms with Crippen LogP contribution in [0.25, 0.3) is 5.76 Å². The Kier molecular flexibility index (Phi) is 7.69. The van der Waals surface area contributed by atoms with Crippen molar-refractivity contribution in [2.75, 3.05) is 16.8 Å². The summed E-state index contributed by atoms with van der Waals surface area (Å²) in [5.41, 5.74) is 4.56. The van der Waals surface area contributed by atoms with E-state index in [0.29, 0.717) is 29.5 Å². The van der Waals surface area contributed by atoms with Crippen LogP contribution in [0.15, 0.2) is 109 Å². The zero-order chi connectivity index (χ0) is 28.2. The van der Waals surface area contributed by atoms with Crippen LogP contribution in [-0.2, 0) is 9.59 Å². The molecule has 4 aromatic carbocycles. The van der Waals surface area contributed by atoms with Gasteiger partial charge < -0.3 is 15.2 Å². The molecule has 0 saturated carbocycles. The summed E-state index contributed by atoms with van der Waals surface area (Å²) >= 11 is 0. The fourth-order valence-corrected chi connectivity index (χ4v) is 4.78. The Bertz CT molecular complexity index is 1540. The minimum absolute atomic E-state index is 0.0536. The van der Waals surface area contributed by atoms with Crippen LogP contribution in [0.4, 0.5) is 17.1 Å². The average molecular weight is 533 g/mol. The van der Waals surface area contributed by atoms with Crippen LogP contribution in [0.1, 0.15) is 36.6 Å². The molecule has 2 N–H and O–H groups in total. The lowest BCUT2D eigenvalue weighted by atomic mass is 9.94. The van der Waals surface area contributed by atoms with E-state index >= 15 is 0 Å². The monoisotopic (exact) mass is 532 g/mol. The highest BCUT2D eigenvalue weighted by atomic mass is 16.5. The second-order valence-corrected chi connectivity index (χ2v) is 10.4. The van der Waals surface area contributed by atoms with Crippen LogP contribution < -0.4 is 15.0 Å². The van der Waals surface area contributed by atoms with E-state index < -0.39 is 17.7 Å². The number of carbonyl (C=O) groups is 2. The van der Waals surface area contributed by atoms with Gasteiger partial charge in [-0.2, -0.15) is 0 Å². The van der Waals surface area contributed by atoms with Crippen molar-refractivity contribution in [3.8, 4) is 5.75 Å². The fraction of sp³-hybridized carbons (Fsp3) is 0.176. The number of aryl methyl sites for hydroxylation is 1. The van der Waals surface area contributed by atoms with Crippen molar-refractivity contribution in [1.29, 1.82) is 0 Å². The van der Waals surface area contributed by atoms with E-state index in [1.165, 1.54) is 4.90 Å². The molecule has 1 heterocycles. The number of hydrogen-bond donors (Lipinski definition) is 2. The summed E-state index contributed by atoms with van der Waals surface area (Å²) in [7, 11) is 0. The molecule has 40 heavy (non-hydrogen) atoms. The number of aliphatic hydroxyl groups excluding tert-OH is 1. The van der Waals surface area contributed by atoms with Gasteiger partial charge in [-0.15, -0.1) is 0 Å². The highest BCUT2D eigenvalue weighted by Crippen LogP contribution is 2.42. The first-order valence-corrected chi connectivity index (χ1v) is 13.3. The zero-order valence-electron chi connectivity index (χ0n) is 22.8. The number of benzene rings is 4. The number of carbonyl (C=O) groups excluding carboxylic acids is 2. The first-order chi connectivity index (χ1) is 19.3. The summed E-state index contributed by atoms with van der Waals surface area (Å²) in [5, 5.41) is 14.8. The van der Waals surface area contributed by atoms with Crippen molar-refractivity contribution >= 4 is 34.5 Å². The van der Waals surface area contributed by atoms with Crippen LogP contribution in [0.5, 0.6) is 5.75 Å². The number of anilines is 3. The summed E-state index contributed by atoms with van der Waals surface area (Å²) in [4.78, 5) is 28.4. The second kappa shape index (κ2) is 11.5. The minimum Gasteiger partial charge on any atom is -0.507 e. The van der Waals surface area contributed by atoms with Gasteiger partial charge >= 0.3 is 0 Å². The van der Waals surface area contributed by atoms with Crippen molar-refractivity contribution in [1.82, 2.24) is 0 Å². The minimum atomic E-state index is -0.787. The van der Waals surface area contributed by atoms with Gasteiger partial charge in [0.2, 0.25) is 0 Å². The summed E-state index contributed by atoms with van der Waals surface area (Å²) in [5.74, 6) is -0.582. The number of ether oxygens (including phenoxy) is 1. The highest BCUT2D eigenvalue weighted by Gasteiger charge is 2.47. The topological polar surface area (TPSA) is 78.9 Å². The van der Waals surface area contributed by atoms with Gasteiger partial charge in [-0.25, -0.2) is 0 Å². The van der Waals surface area contributed by atoms with Gasteiger partial charge in [0.05, 0.1) is 18.2 Å². The molecule has 202 valence electrons. The van der Waals surface area contributed by atoms with Crippen LogP contribution >= 0.6 is 0 Å². The molecule has 0 aromatic heterocycles. The van der Waals surface area contributed by atoms with E-state index in [1.807, 2.05) is 73.7 Å². The van der Waals surface area contributed by atoms with Gasteiger partial charge in [0.15, 0.2) is 0 Å². The van der Waals surface area contributed by atoms with E-state index in [1.54, 1.807) is 36.4 Å². The van der Waals surface area contributed by atoms with Crippen LogP contribution in [-0.4, -0.2) is 23.4 Å². The number of ketones is 1. The Balaban J connectivity index is 1.53. The standard InChI is InChI=1S/C34H32N2O4/c1-22(2)21-40-29-18-12-24(13-19-29)32(37)30-31(25-9-7-8-23(3)20-25)36(34(39)33(30)38)28-16-14-27(15-17-28)35-26-10-5-4-6-11-26/h4-20,22,31,35,37H,21H2,1-3H3/b32-30-. The molecule has 0 spiro atoms.